The van der Waals surface area contributed by atoms with Gasteiger partial charge in [0.05, 0.1) is 29.6 Å². The fourth-order valence-corrected chi connectivity index (χ4v) is 12.9. The second-order valence-corrected chi connectivity index (χ2v) is 25.1. The molecule has 8 rings (SSSR count). The molecule has 2 aromatic rings. The molecule has 1 unspecified atom stereocenters. The Bertz CT molecular complexity index is 2770. The van der Waals surface area contributed by atoms with Crippen LogP contribution in [-0.4, -0.2) is 141 Å². The average molecular weight is 1160 g/mol. The molecule has 1 aromatic heterocycles. The number of aromatic nitrogens is 2. The van der Waals surface area contributed by atoms with Gasteiger partial charge in [-0.2, -0.15) is 0 Å². The molecular formula is C62H87N11O11. The third kappa shape index (κ3) is 15.8. The smallest absolute Gasteiger partial charge is 0.289 e. The highest BCUT2D eigenvalue weighted by Crippen LogP contribution is 2.43. The summed E-state index contributed by atoms with van der Waals surface area (Å²) in [6.45, 7) is 8.79. The van der Waals surface area contributed by atoms with E-state index in [2.05, 4.69) is 47.2 Å². The summed E-state index contributed by atoms with van der Waals surface area (Å²) in [6.07, 6.45) is 21.8. The van der Waals surface area contributed by atoms with Crippen molar-refractivity contribution in [2.45, 2.75) is 218 Å². The van der Waals surface area contributed by atoms with Crippen molar-refractivity contribution in [3.8, 4) is 0 Å². The van der Waals surface area contributed by atoms with Crippen LogP contribution in [0.4, 0.5) is 5.69 Å². The van der Waals surface area contributed by atoms with Gasteiger partial charge in [0.1, 0.15) is 35.6 Å². The highest BCUT2D eigenvalue weighted by Gasteiger charge is 2.53. The van der Waals surface area contributed by atoms with Crippen molar-refractivity contribution in [3.63, 3.8) is 0 Å². The van der Waals surface area contributed by atoms with Crippen LogP contribution in [0.3, 0.4) is 0 Å². The van der Waals surface area contributed by atoms with E-state index in [1.54, 1.807) is 23.1 Å². The number of likely N-dealkylation sites (tertiary alicyclic amines) is 1. The largest absolute Gasteiger partial charge is 0.384 e. The summed E-state index contributed by atoms with van der Waals surface area (Å²) >= 11 is 0. The molecule has 4 heterocycles. The maximum absolute atomic E-state index is 14.9. The number of Topliss-reactive ketones (excluding diaryl/α,β-unsaturated/α-hetero) is 1. The molecule has 10 amide bonds. The van der Waals surface area contributed by atoms with E-state index in [-0.39, 0.29) is 65.6 Å². The quantitative estimate of drug-likeness (QED) is 0.0297. The van der Waals surface area contributed by atoms with Crippen LogP contribution in [-0.2, 0) is 33.6 Å². The van der Waals surface area contributed by atoms with Gasteiger partial charge in [0.15, 0.2) is 0 Å². The van der Waals surface area contributed by atoms with Gasteiger partial charge in [-0.15, -0.1) is 0 Å². The zero-order valence-electron chi connectivity index (χ0n) is 49.5. The number of imide groups is 2. The lowest BCUT2D eigenvalue weighted by Crippen LogP contribution is -2.62. The van der Waals surface area contributed by atoms with Gasteiger partial charge in [-0.25, -0.2) is 9.97 Å². The van der Waals surface area contributed by atoms with Crippen molar-refractivity contribution in [1.82, 2.24) is 51.7 Å². The highest BCUT2D eigenvalue weighted by atomic mass is 16.2. The maximum atomic E-state index is 14.9. The number of nitrogens with one attached hydrogen (secondary N) is 7. The van der Waals surface area contributed by atoms with Crippen LogP contribution in [0.2, 0.25) is 0 Å². The van der Waals surface area contributed by atoms with Crippen molar-refractivity contribution in [2.75, 3.05) is 25.0 Å². The monoisotopic (exact) mass is 1160 g/mol. The first-order valence-electron chi connectivity index (χ1n) is 31.1. The molecule has 22 heteroatoms. The highest BCUT2D eigenvalue weighted by molar-refractivity contribution is 6.38. The minimum atomic E-state index is -1.08. The van der Waals surface area contributed by atoms with Crippen molar-refractivity contribution in [1.29, 1.82) is 0 Å². The molecule has 84 heavy (non-hydrogen) atoms. The Morgan fingerprint density at radius 3 is 2.00 bits per heavy atom. The van der Waals surface area contributed by atoms with Crippen LogP contribution in [0, 0.1) is 23.2 Å². The number of benzene rings is 1. The van der Waals surface area contributed by atoms with E-state index in [1.165, 1.54) is 12.4 Å². The number of hydrogen-bond acceptors (Lipinski definition) is 14. The Morgan fingerprint density at radius 2 is 1.37 bits per heavy atom. The lowest BCUT2D eigenvalue weighted by molar-refractivity contribution is -0.146. The first-order chi connectivity index (χ1) is 40.4. The third-order valence-electron chi connectivity index (χ3n) is 17.7. The number of rotatable bonds is 29. The number of fused-ring (bicyclic) bond motifs is 2. The summed E-state index contributed by atoms with van der Waals surface area (Å²) in [5, 5.41) is 20.0. The van der Waals surface area contributed by atoms with E-state index in [4.69, 9.17) is 0 Å². The number of piperidine rings is 1. The van der Waals surface area contributed by atoms with Crippen molar-refractivity contribution in [2.24, 2.45) is 23.2 Å². The number of ketones is 1. The Morgan fingerprint density at radius 1 is 0.714 bits per heavy atom. The van der Waals surface area contributed by atoms with Crippen LogP contribution >= 0.6 is 0 Å². The normalized spacial score (nSPS) is 21.6. The first-order valence-corrected chi connectivity index (χ1v) is 31.1. The predicted molar refractivity (Wildman–Crippen MR) is 311 cm³/mol. The number of amides is 10. The van der Waals surface area contributed by atoms with Gasteiger partial charge in [0.2, 0.25) is 35.3 Å². The van der Waals surface area contributed by atoms with E-state index in [0.29, 0.717) is 44.6 Å². The molecule has 0 spiro atoms. The van der Waals surface area contributed by atoms with Crippen LogP contribution < -0.4 is 37.2 Å². The fraction of sp³-hybridized carbons (Fsp3) is 0.661. The van der Waals surface area contributed by atoms with Crippen LogP contribution in [0.5, 0.6) is 0 Å². The first kappa shape index (κ1) is 62.9. The van der Waals surface area contributed by atoms with E-state index in [9.17, 15) is 52.7 Å². The Hall–Kier alpha value is -7.13. The summed E-state index contributed by atoms with van der Waals surface area (Å²) in [5.41, 5.74) is 0.234. The van der Waals surface area contributed by atoms with Gasteiger partial charge >= 0.3 is 0 Å². The van der Waals surface area contributed by atoms with Crippen molar-refractivity contribution >= 4 is 70.5 Å². The number of anilines is 1. The van der Waals surface area contributed by atoms with Crippen molar-refractivity contribution in [3.05, 3.63) is 53.1 Å². The molecule has 22 nitrogen and oxygen atoms in total. The zero-order chi connectivity index (χ0) is 60.1. The molecule has 3 saturated carbocycles. The van der Waals surface area contributed by atoms with Gasteiger partial charge in [-0.05, 0) is 99.5 Å². The predicted octanol–water partition coefficient (Wildman–Crippen LogP) is 5.59. The Labute approximate surface area is 492 Å². The number of carbonyl (C=O) groups is 11. The van der Waals surface area contributed by atoms with E-state index >= 15 is 0 Å². The summed E-state index contributed by atoms with van der Waals surface area (Å²) in [5.74, 6) is -6.30. The molecule has 1 aromatic carbocycles. The molecule has 7 atom stereocenters. The minimum absolute atomic E-state index is 0.0221. The van der Waals surface area contributed by atoms with Gasteiger partial charge in [0.25, 0.3) is 29.5 Å². The molecule has 5 fully saturated rings. The molecule has 0 bridgehead atoms. The zero-order valence-corrected chi connectivity index (χ0v) is 49.5. The van der Waals surface area contributed by atoms with Crippen LogP contribution in [0.1, 0.15) is 223 Å². The summed E-state index contributed by atoms with van der Waals surface area (Å²) in [7, 11) is 0. The van der Waals surface area contributed by atoms with Gasteiger partial charge in [-0.1, -0.05) is 117 Å². The van der Waals surface area contributed by atoms with Crippen molar-refractivity contribution < 1.29 is 52.7 Å². The average Bonchev–Trinajstić information content (AvgIpc) is 1.82. The summed E-state index contributed by atoms with van der Waals surface area (Å²) in [6, 6.07) is 0.0128. The molecule has 2 saturated heterocycles. The van der Waals surface area contributed by atoms with Gasteiger partial charge in [0, 0.05) is 37.8 Å². The lowest BCUT2D eigenvalue weighted by Gasteiger charge is -2.38. The molecule has 3 aliphatic carbocycles. The number of carbonyl (C=O) groups excluding carboxylic acids is 11. The van der Waals surface area contributed by atoms with Gasteiger partial charge < -0.3 is 36.8 Å². The molecule has 7 N–H and O–H groups in total. The molecule has 456 valence electrons. The number of unbranched alkanes of at least 4 members (excludes halogenated alkanes) is 9. The minimum Gasteiger partial charge on any atom is -0.384 e. The second kappa shape index (κ2) is 29.1. The molecule has 6 aliphatic rings. The maximum Gasteiger partial charge on any atom is 0.289 e. The molecule has 3 aliphatic heterocycles. The fourth-order valence-electron chi connectivity index (χ4n) is 12.9. The van der Waals surface area contributed by atoms with Gasteiger partial charge in [-0.3, -0.25) is 63.0 Å². The van der Waals surface area contributed by atoms with Crippen LogP contribution in [0.25, 0.3) is 0 Å². The summed E-state index contributed by atoms with van der Waals surface area (Å²) in [4.78, 5) is 158. The molecular weight excluding hydrogens is 1070 g/mol. The number of nitrogens with zero attached hydrogens (tertiary/aromatic N) is 4. The second-order valence-electron chi connectivity index (χ2n) is 25.1. The third-order valence-corrected chi connectivity index (χ3v) is 17.7. The number of hydrogen-bond donors (Lipinski definition) is 7. The Kier molecular flexibility index (Phi) is 21.8. The SMILES string of the molecule is CCC[C@H](NC(=O)[C@@H]1[C@H]2CCC[C@H]2CN1C(=O)[C@@H](NC(=O)[C@@H](NC(=O)c1cnc(C(=O)NCCCCCCCCCCCCNc2cccc3c2C(=O)N(C2CCC(=O)NC2=O)C3=O)cn1)C1CCCCC1)C(C)(C)C)C(=O)C(=O)NC1CC1. The topological polar surface area (TPSA) is 304 Å². The van der Waals surface area contributed by atoms with E-state index < -0.39 is 100 Å². The summed E-state index contributed by atoms with van der Waals surface area (Å²) < 4.78 is 0. The standard InChI is InChI=1S/C62H87N11O11/c1-5-21-43(51(75)58(81)67-39-28-29-39)68-57(80)50-40-25-19-24-38(40)36-72(50)61(84)52(62(2,3)4)71-56(79)49(37-22-15-14-16-23-37)70-54(77)45-35-65-44(34-66-45)53(76)64-33-18-13-11-9-7-6-8-10-12-17-32-63-42-27-20-26-41-48(42)60(83)73(59(41)82)46-30-31-47(74)69-55(46)78/h20,26-27,34-35,37-40,43,46,49-50,52,63H,5-19,21-25,28-33,36H2,1-4H3,(H,64,76)(H,67,81)(H,68,80)(H,70,77)(H,71,79)(H,69,74,78)/t38-,40-,43-,46?,49-,50-,52+/m0/s1. The van der Waals surface area contributed by atoms with E-state index in [0.717, 1.165) is 120 Å². The van der Waals surface area contributed by atoms with E-state index in [1.807, 2.05) is 27.7 Å². The lowest BCUT2D eigenvalue weighted by atomic mass is 9.82. The van der Waals surface area contributed by atoms with Crippen LogP contribution in [0.15, 0.2) is 30.6 Å². The Balaban J connectivity index is 0.743. The molecule has 0 radical (unpaired) electrons.